The summed E-state index contributed by atoms with van der Waals surface area (Å²) in [4.78, 5) is 28.3. The number of ether oxygens (including phenoxy) is 1. The third kappa shape index (κ3) is 2.95. The predicted molar refractivity (Wildman–Crippen MR) is 79.9 cm³/mol. The number of phosphoric acid groups is 1. The second-order valence-corrected chi connectivity index (χ2v) is 7.23. The first-order valence-corrected chi connectivity index (χ1v) is 9.20. The number of fused-ring (bicyclic) bond motifs is 2. The van der Waals surface area contributed by atoms with Gasteiger partial charge in [0.05, 0.1) is 12.9 Å². The van der Waals surface area contributed by atoms with Crippen LogP contribution in [0.2, 0.25) is 0 Å². The molecule has 13 heteroatoms. The van der Waals surface area contributed by atoms with E-state index in [2.05, 4.69) is 19.8 Å². The first kappa shape index (κ1) is 16.9. The van der Waals surface area contributed by atoms with Crippen molar-refractivity contribution in [3.05, 3.63) is 17.2 Å². The molecular formula is C12H18N5O7P. The minimum atomic E-state index is -4.70. The summed E-state index contributed by atoms with van der Waals surface area (Å²) < 4.78 is 22.2. The molecule has 4 rings (SSSR count). The van der Waals surface area contributed by atoms with Crippen LogP contribution < -0.4 is 16.2 Å². The van der Waals surface area contributed by atoms with Gasteiger partial charge in [-0.3, -0.25) is 9.09 Å². The summed E-state index contributed by atoms with van der Waals surface area (Å²) in [5, 5.41) is 24.2. The van der Waals surface area contributed by atoms with Gasteiger partial charge in [-0.2, -0.15) is 0 Å². The molecule has 5 N–H and O–H groups in total. The molecule has 2 saturated heterocycles. The van der Waals surface area contributed by atoms with Crippen LogP contribution in [0.3, 0.4) is 0 Å². The molecule has 0 bridgehead atoms. The van der Waals surface area contributed by atoms with Gasteiger partial charge in [-0.1, -0.05) is 0 Å². The Kier molecular flexibility index (Phi) is 4.07. The van der Waals surface area contributed by atoms with Crippen molar-refractivity contribution < 1.29 is 33.8 Å². The van der Waals surface area contributed by atoms with Crippen molar-refractivity contribution in [3.8, 4) is 0 Å². The zero-order valence-corrected chi connectivity index (χ0v) is 13.9. The van der Waals surface area contributed by atoms with E-state index in [1.54, 1.807) is 0 Å². The molecule has 2 fully saturated rings. The van der Waals surface area contributed by atoms with Crippen LogP contribution in [0.25, 0.3) is 5.82 Å². The standard InChI is InChI=1S/C12H18N5O7P/c18-8-6(3-23-25(20,21)22)24-12(9(8)19)17-5-14-7-10-13-1-2-16(10)4-15-11(7)17/h5-6,8-9,12-13,18-19H,1-4H2,(H2,20,21,22)/t6-,8-,9-,12-/m1/s1. The van der Waals surface area contributed by atoms with E-state index in [-0.39, 0.29) is 0 Å². The highest BCUT2D eigenvalue weighted by atomic mass is 31.2. The average Bonchev–Trinajstić information content (AvgIpc) is 3.23. The van der Waals surface area contributed by atoms with Crippen LogP contribution in [-0.4, -0.2) is 79.1 Å². The van der Waals surface area contributed by atoms with E-state index in [9.17, 15) is 14.8 Å². The van der Waals surface area contributed by atoms with Gasteiger partial charge in [0, 0.05) is 13.1 Å². The SMILES string of the molecule is O=P(O)(O)OC[C@H]1O[C@@H](n2cnc3c2=NCN2CCNC=32)[C@H](O)[C@@H]1O. The van der Waals surface area contributed by atoms with Crippen molar-refractivity contribution in [3.63, 3.8) is 0 Å². The number of phosphoric ester groups is 1. The van der Waals surface area contributed by atoms with Crippen LogP contribution in [0, 0.1) is 0 Å². The third-order valence-electron chi connectivity index (χ3n) is 4.39. The second-order valence-electron chi connectivity index (χ2n) is 6.00. The normalized spacial score (nSPS) is 31.5. The zero-order chi connectivity index (χ0) is 17.8. The molecule has 25 heavy (non-hydrogen) atoms. The highest BCUT2D eigenvalue weighted by Gasteiger charge is 2.45. The van der Waals surface area contributed by atoms with Crippen molar-refractivity contribution in [1.82, 2.24) is 19.8 Å². The topological polar surface area (TPSA) is 162 Å². The van der Waals surface area contributed by atoms with Crippen LogP contribution in [0.5, 0.6) is 0 Å². The van der Waals surface area contributed by atoms with E-state index in [4.69, 9.17) is 14.5 Å². The number of aliphatic hydroxyl groups excluding tert-OH is 2. The van der Waals surface area contributed by atoms with Crippen LogP contribution in [0.1, 0.15) is 6.23 Å². The van der Waals surface area contributed by atoms with Gasteiger partial charge in [-0.15, -0.1) is 0 Å². The van der Waals surface area contributed by atoms with Gasteiger partial charge in [0.15, 0.2) is 11.7 Å². The lowest BCUT2D eigenvalue weighted by atomic mass is 10.1. The summed E-state index contributed by atoms with van der Waals surface area (Å²) in [6.45, 7) is 1.51. The van der Waals surface area contributed by atoms with Crippen molar-refractivity contribution in [2.24, 2.45) is 4.99 Å². The van der Waals surface area contributed by atoms with E-state index in [1.165, 1.54) is 10.9 Å². The van der Waals surface area contributed by atoms with Crippen molar-refractivity contribution in [1.29, 1.82) is 0 Å². The van der Waals surface area contributed by atoms with E-state index < -0.39 is 39.0 Å². The summed E-state index contributed by atoms with van der Waals surface area (Å²) in [5.41, 5.74) is 0.508. The largest absolute Gasteiger partial charge is 0.469 e. The summed E-state index contributed by atoms with van der Waals surface area (Å²) in [6, 6.07) is 0. The highest BCUT2D eigenvalue weighted by Crippen LogP contribution is 2.38. The van der Waals surface area contributed by atoms with Crippen LogP contribution >= 0.6 is 7.82 Å². The lowest BCUT2D eigenvalue weighted by Crippen LogP contribution is -2.45. The Morgan fingerprint density at radius 1 is 1.40 bits per heavy atom. The van der Waals surface area contributed by atoms with Crippen LogP contribution in [-0.2, 0) is 13.8 Å². The fourth-order valence-corrected chi connectivity index (χ4v) is 3.53. The van der Waals surface area contributed by atoms with Gasteiger partial charge in [0.2, 0.25) is 0 Å². The summed E-state index contributed by atoms with van der Waals surface area (Å²) in [5.74, 6) is 0.859. The molecule has 1 aromatic heterocycles. The Labute approximate surface area is 141 Å². The number of hydrogen-bond acceptors (Lipinski definition) is 9. The maximum absolute atomic E-state index is 10.8. The Bertz CT molecular complexity index is 837. The number of hydrogen-bond donors (Lipinski definition) is 5. The van der Waals surface area contributed by atoms with E-state index in [1.807, 2.05) is 4.90 Å². The molecule has 0 saturated carbocycles. The second kappa shape index (κ2) is 6.02. The first-order valence-electron chi connectivity index (χ1n) is 7.67. The zero-order valence-electron chi connectivity index (χ0n) is 13.0. The minimum Gasteiger partial charge on any atom is -0.387 e. The van der Waals surface area contributed by atoms with E-state index >= 15 is 0 Å². The predicted octanol–water partition coefficient (Wildman–Crippen LogP) is -3.83. The smallest absolute Gasteiger partial charge is 0.387 e. The molecule has 12 nitrogen and oxygen atoms in total. The van der Waals surface area contributed by atoms with Gasteiger partial charge < -0.3 is 35.0 Å². The molecule has 1 aromatic rings. The molecule has 4 heterocycles. The summed E-state index contributed by atoms with van der Waals surface area (Å²) >= 11 is 0. The van der Waals surface area contributed by atoms with Gasteiger partial charge in [0.25, 0.3) is 0 Å². The highest BCUT2D eigenvalue weighted by molar-refractivity contribution is 7.46. The van der Waals surface area contributed by atoms with E-state index in [0.717, 1.165) is 18.9 Å². The summed E-state index contributed by atoms with van der Waals surface area (Å²) in [6.07, 6.45) is -3.32. The van der Waals surface area contributed by atoms with Gasteiger partial charge in [-0.05, 0) is 0 Å². The molecule has 0 amide bonds. The Morgan fingerprint density at radius 2 is 2.20 bits per heavy atom. The molecular weight excluding hydrogens is 357 g/mol. The van der Waals surface area contributed by atoms with Crippen molar-refractivity contribution in [2.75, 3.05) is 26.4 Å². The van der Waals surface area contributed by atoms with Crippen LogP contribution in [0.4, 0.5) is 0 Å². The quantitative estimate of drug-likeness (QED) is 0.330. The van der Waals surface area contributed by atoms with E-state index in [0.29, 0.717) is 17.5 Å². The molecule has 0 aromatic carbocycles. The monoisotopic (exact) mass is 375 g/mol. The number of nitrogens with zero attached hydrogens (tertiary/aromatic N) is 4. The van der Waals surface area contributed by atoms with Crippen LogP contribution in [0.15, 0.2) is 11.3 Å². The Balaban J connectivity index is 1.62. The molecule has 0 aliphatic carbocycles. The first-order chi connectivity index (χ1) is 11.8. The molecule has 0 spiro atoms. The maximum Gasteiger partial charge on any atom is 0.469 e. The molecule has 4 atom stereocenters. The number of rotatable bonds is 4. The Morgan fingerprint density at radius 3 is 2.96 bits per heavy atom. The molecule has 138 valence electrons. The maximum atomic E-state index is 10.8. The lowest BCUT2D eigenvalue weighted by molar-refractivity contribution is -0.0539. The number of aliphatic hydroxyl groups is 2. The van der Waals surface area contributed by atoms with Gasteiger partial charge in [0.1, 0.15) is 36.2 Å². The molecule has 3 aliphatic rings. The third-order valence-corrected chi connectivity index (χ3v) is 4.88. The van der Waals surface area contributed by atoms with Crippen molar-refractivity contribution in [2.45, 2.75) is 24.5 Å². The van der Waals surface area contributed by atoms with Gasteiger partial charge >= 0.3 is 7.82 Å². The molecule has 0 radical (unpaired) electrons. The fourth-order valence-electron chi connectivity index (χ4n) is 3.19. The minimum absolute atomic E-state index is 0.442. The number of imidazole rings is 1. The fraction of sp³-hybridized carbons (Fsp3) is 0.667. The lowest BCUT2D eigenvalue weighted by Gasteiger charge is -2.20. The number of aromatic nitrogens is 2. The summed E-state index contributed by atoms with van der Waals surface area (Å²) in [7, 11) is -4.70. The average molecular weight is 375 g/mol. The van der Waals surface area contributed by atoms with Gasteiger partial charge in [-0.25, -0.2) is 14.5 Å². The Hall–Kier alpha value is -1.53. The molecule has 3 aliphatic heterocycles. The van der Waals surface area contributed by atoms with Crippen molar-refractivity contribution >= 4 is 13.6 Å². The molecule has 0 unspecified atom stereocenters. The number of nitrogens with one attached hydrogen (secondary N) is 1.